The van der Waals surface area contributed by atoms with Gasteiger partial charge in [0, 0.05) is 31.5 Å². The minimum absolute atomic E-state index is 0.248. The number of hydrogen-bond donors (Lipinski definition) is 2. The first kappa shape index (κ1) is 27.3. The van der Waals surface area contributed by atoms with Crippen LogP contribution < -0.4 is 10.9 Å². The second-order valence-electron chi connectivity index (χ2n) is 11.3. The number of anilines is 2. The molecule has 1 saturated heterocycles. The Morgan fingerprint density at radius 2 is 1.88 bits per heavy atom. The maximum absolute atomic E-state index is 13.3. The molecule has 2 N–H and O–H groups in total. The molecule has 0 bridgehead atoms. The minimum atomic E-state index is -1.15. The van der Waals surface area contributed by atoms with Crippen molar-refractivity contribution in [1.82, 2.24) is 39.0 Å². The normalized spacial score (nSPS) is 20.4. The van der Waals surface area contributed by atoms with Gasteiger partial charge in [-0.2, -0.15) is 10.1 Å². The van der Waals surface area contributed by atoms with E-state index in [2.05, 4.69) is 31.9 Å². The number of ether oxygens (including phenoxy) is 1. The maximum Gasteiger partial charge on any atom is 0.278 e. The van der Waals surface area contributed by atoms with E-state index in [9.17, 15) is 9.90 Å². The number of hydrogen-bond acceptors (Lipinski definition) is 9. The summed E-state index contributed by atoms with van der Waals surface area (Å²) in [6.07, 6.45) is 11.5. The molecule has 2 aliphatic rings. The van der Waals surface area contributed by atoms with Gasteiger partial charge in [0.15, 0.2) is 11.5 Å². The standard InChI is InChI=1S/C29H37N9O3/c1-4-12-37-27(39)23-18-30-28(34-26(23)38(37)25-7-5-6-24(33-25)29(2,3)40)32-20-17-31-36(19-20)22-10-8-21(9-11-22)35-13-15-41-16-14-35/h4-7,17-19,21-22,40H,1,8-16H2,2-3H3,(H,30,32,34). The van der Waals surface area contributed by atoms with Gasteiger partial charge in [0.25, 0.3) is 5.56 Å². The van der Waals surface area contributed by atoms with Gasteiger partial charge in [-0.15, -0.1) is 6.58 Å². The fourth-order valence-corrected chi connectivity index (χ4v) is 5.85. The van der Waals surface area contributed by atoms with Crippen molar-refractivity contribution in [3.05, 3.63) is 65.5 Å². The Bertz CT molecular complexity index is 1590. The van der Waals surface area contributed by atoms with Crippen LogP contribution >= 0.6 is 0 Å². The van der Waals surface area contributed by atoms with Crippen LogP contribution in [0.15, 0.2) is 54.2 Å². The van der Waals surface area contributed by atoms with Gasteiger partial charge in [-0.3, -0.25) is 14.4 Å². The van der Waals surface area contributed by atoms with Gasteiger partial charge in [0.1, 0.15) is 11.0 Å². The number of aromatic nitrogens is 7. The predicted octanol–water partition coefficient (Wildman–Crippen LogP) is 3.15. The first-order valence-corrected chi connectivity index (χ1v) is 14.2. The quantitative estimate of drug-likeness (QED) is 0.313. The molecule has 1 saturated carbocycles. The Kier molecular flexibility index (Phi) is 7.45. The third-order valence-electron chi connectivity index (χ3n) is 8.02. The van der Waals surface area contributed by atoms with Crippen LogP contribution in [0.2, 0.25) is 0 Å². The maximum atomic E-state index is 13.3. The molecule has 41 heavy (non-hydrogen) atoms. The average Bonchev–Trinajstić information content (AvgIpc) is 3.55. The van der Waals surface area contributed by atoms with Crippen molar-refractivity contribution in [3.63, 3.8) is 0 Å². The molecule has 12 nitrogen and oxygen atoms in total. The monoisotopic (exact) mass is 559 g/mol. The molecule has 0 spiro atoms. The number of nitrogens with one attached hydrogen (secondary N) is 1. The molecule has 1 aliphatic carbocycles. The number of morpholine rings is 1. The lowest BCUT2D eigenvalue weighted by Crippen LogP contribution is -2.45. The van der Waals surface area contributed by atoms with E-state index in [1.807, 2.05) is 10.9 Å². The molecule has 12 heteroatoms. The highest BCUT2D eigenvalue weighted by molar-refractivity contribution is 5.77. The van der Waals surface area contributed by atoms with Gasteiger partial charge in [-0.1, -0.05) is 12.1 Å². The Labute approximate surface area is 238 Å². The van der Waals surface area contributed by atoms with Gasteiger partial charge in [0.05, 0.1) is 43.4 Å². The van der Waals surface area contributed by atoms with Crippen molar-refractivity contribution < 1.29 is 9.84 Å². The molecule has 0 radical (unpaired) electrons. The molecule has 2 fully saturated rings. The van der Waals surface area contributed by atoms with Crippen LogP contribution in [-0.4, -0.2) is 76.4 Å². The second-order valence-corrected chi connectivity index (χ2v) is 11.3. The third kappa shape index (κ3) is 5.54. The summed E-state index contributed by atoms with van der Waals surface area (Å²) in [4.78, 5) is 29.6. The smallest absolute Gasteiger partial charge is 0.278 e. The molecule has 4 aromatic heterocycles. The van der Waals surface area contributed by atoms with Crippen molar-refractivity contribution in [3.8, 4) is 5.82 Å². The molecular weight excluding hydrogens is 522 g/mol. The van der Waals surface area contributed by atoms with E-state index in [-0.39, 0.29) is 12.1 Å². The van der Waals surface area contributed by atoms with Gasteiger partial charge in [-0.25, -0.2) is 19.3 Å². The van der Waals surface area contributed by atoms with Gasteiger partial charge in [-0.05, 0) is 51.7 Å². The van der Waals surface area contributed by atoms with Crippen LogP contribution in [0.3, 0.4) is 0 Å². The van der Waals surface area contributed by atoms with Crippen LogP contribution in [0.1, 0.15) is 51.3 Å². The van der Waals surface area contributed by atoms with Crippen LogP contribution in [0.5, 0.6) is 0 Å². The zero-order valence-corrected chi connectivity index (χ0v) is 23.6. The van der Waals surface area contributed by atoms with Crippen molar-refractivity contribution in [1.29, 1.82) is 0 Å². The molecular formula is C29H37N9O3. The van der Waals surface area contributed by atoms with E-state index in [1.54, 1.807) is 49.0 Å². The van der Waals surface area contributed by atoms with Crippen LogP contribution in [0, 0.1) is 0 Å². The first-order chi connectivity index (χ1) is 19.8. The lowest BCUT2D eigenvalue weighted by atomic mass is 9.90. The van der Waals surface area contributed by atoms with E-state index in [0.717, 1.165) is 57.7 Å². The molecule has 5 heterocycles. The predicted molar refractivity (Wildman–Crippen MR) is 156 cm³/mol. The van der Waals surface area contributed by atoms with Crippen LogP contribution in [0.4, 0.5) is 11.6 Å². The Morgan fingerprint density at radius 3 is 2.61 bits per heavy atom. The van der Waals surface area contributed by atoms with Crippen molar-refractivity contribution >= 4 is 22.7 Å². The van der Waals surface area contributed by atoms with Crippen LogP contribution in [0.25, 0.3) is 16.9 Å². The summed E-state index contributed by atoms with van der Waals surface area (Å²) in [6, 6.07) is 6.32. The molecule has 4 aromatic rings. The lowest BCUT2D eigenvalue weighted by molar-refractivity contribution is 0.00507. The van der Waals surface area contributed by atoms with E-state index < -0.39 is 5.60 Å². The largest absolute Gasteiger partial charge is 0.384 e. The number of aliphatic hydroxyl groups is 1. The zero-order chi connectivity index (χ0) is 28.6. The summed E-state index contributed by atoms with van der Waals surface area (Å²) >= 11 is 0. The first-order valence-electron chi connectivity index (χ1n) is 14.2. The highest BCUT2D eigenvalue weighted by atomic mass is 16.5. The fourth-order valence-electron chi connectivity index (χ4n) is 5.85. The molecule has 0 amide bonds. The summed E-state index contributed by atoms with van der Waals surface area (Å²) in [7, 11) is 0. The summed E-state index contributed by atoms with van der Waals surface area (Å²) in [5.74, 6) is 0.806. The number of nitrogens with zero attached hydrogens (tertiary/aromatic N) is 8. The third-order valence-corrected chi connectivity index (χ3v) is 8.02. The number of fused-ring (bicyclic) bond motifs is 1. The number of rotatable bonds is 8. The van der Waals surface area contributed by atoms with Crippen molar-refractivity contribution in [2.45, 2.75) is 63.8 Å². The van der Waals surface area contributed by atoms with E-state index >= 15 is 0 Å². The Balaban J connectivity index is 1.24. The van der Waals surface area contributed by atoms with Gasteiger partial charge in [0.2, 0.25) is 5.95 Å². The Hall–Kier alpha value is -3.87. The van der Waals surface area contributed by atoms with Crippen molar-refractivity contribution in [2.24, 2.45) is 0 Å². The summed E-state index contributed by atoms with van der Waals surface area (Å²) in [6.45, 7) is 11.1. The van der Waals surface area contributed by atoms with Gasteiger partial charge >= 0.3 is 0 Å². The molecule has 216 valence electrons. The Morgan fingerprint density at radius 1 is 1.12 bits per heavy atom. The molecule has 0 unspecified atom stereocenters. The summed E-state index contributed by atoms with van der Waals surface area (Å²) < 4.78 is 10.7. The number of allylic oxidation sites excluding steroid dienone is 1. The highest BCUT2D eigenvalue weighted by Gasteiger charge is 2.28. The molecule has 1 aliphatic heterocycles. The van der Waals surface area contributed by atoms with E-state index in [0.29, 0.717) is 40.6 Å². The van der Waals surface area contributed by atoms with Crippen LogP contribution in [-0.2, 0) is 16.9 Å². The topological polar surface area (TPSA) is 128 Å². The number of pyridine rings is 1. The molecule has 6 rings (SSSR count). The summed E-state index contributed by atoms with van der Waals surface area (Å²) in [5.41, 5.74) is 0.270. The second kappa shape index (κ2) is 11.2. The molecule has 0 atom stereocenters. The van der Waals surface area contributed by atoms with Crippen molar-refractivity contribution in [2.75, 3.05) is 31.6 Å². The zero-order valence-electron chi connectivity index (χ0n) is 23.6. The van der Waals surface area contributed by atoms with E-state index in [1.165, 1.54) is 10.9 Å². The van der Waals surface area contributed by atoms with Gasteiger partial charge < -0.3 is 15.2 Å². The summed E-state index contributed by atoms with van der Waals surface area (Å²) in [5, 5.41) is 18.8. The average molecular weight is 560 g/mol. The SMILES string of the molecule is C=CCn1c(=O)c2cnc(Nc3cnn(C4CCC(N5CCOCC5)CC4)c3)nc2n1-c1cccc(C(C)(C)O)n1. The lowest BCUT2D eigenvalue weighted by Gasteiger charge is -2.38. The van der Waals surface area contributed by atoms with E-state index in [4.69, 9.17) is 9.72 Å². The minimum Gasteiger partial charge on any atom is -0.384 e. The molecule has 0 aromatic carbocycles. The highest BCUT2D eigenvalue weighted by Crippen LogP contribution is 2.32. The fraction of sp³-hybridized carbons (Fsp3) is 0.483.